The molecule has 6 heteroatoms. The Morgan fingerprint density at radius 3 is 2.56 bits per heavy atom. The Morgan fingerprint density at radius 1 is 1.20 bits per heavy atom. The maximum absolute atomic E-state index is 12.0. The highest BCUT2D eigenvalue weighted by atomic mass is 35.5. The molecular weight excluding hydrogens is 338 g/mol. The number of amides is 2. The number of aryl methyl sites for hydroxylation is 1. The van der Waals surface area contributed by atoms with E-state index in [2.05, 4.69) is 37.5 Å². The van der Waals surface area contributed by atoms with Gasteiger partial charge in [0.1, 0.15) is 5.75 Å². The number of nitrogen functional groups attached to an aromatic ring is 1. The largest absolute Gasteiger partial charge is 0.473 e. The van der Waals surface area contributed by atoms with E-state index in [1.807, 2.05) is 19.1 Å². The van der Waals surface area contributed by atoms with Crippen molar-refractivity contribution < 1.29 is 9.53 Å². The van der Waals surface area contributed by atoms with Gasteiger partial charge in [0.15, 0.2) is 6.73 Å². The fraction of sp³-hybridized carbons (Fsp3) is 0.316. The summed E-state index contributed by atoms with van der Waals surface area (Å²) in [6.45, 7) is 8.46. The number of urea groups is 1. The van der Waals surface area contributed by atoms with E-state index in [-0.39, 0.29) is 12.1 Å². The van der Waals surface area contributed by atoms with Crippen LogP contribution < -0.4 is 21.1 Å². The van der Waals surface area contributed by atoms with E-state index < -0.39 is 6.03 Å². The number of anilines is 2. The molecule has 0 aromatic heterocycles. The van der Waals surface area contributed by atoms with Crippen LogP contribution in [0.15, 0.2) is 36.4 Å². The van der Waals surface area contributed by atoms with Gasteiger partial charge in [-0.15, -0.1) is 0 Å². The van der Waals surface area contributed by atoms with Gasteiger partial charge in [-0.05, 0) is 42.2 Å². The average Bonchev–Trinajstić information content (AvgIpc) is 2.50. The average molecular weight is 362 g/mol. The Labute approximate surface area is 153 Å². The van der Waals surface area contributed by atoms with Gasteiger partial charge in [-0.2, -0.15) is 0 Å². The van der Waals surface area contributed by atoms with Gasteiger partial charge in [0.25, 0.3) is 0 Å². The summed E-state index contributed by atoms with van der Waals surface area (Å²) in [6.07, 6.45) is 0. The number of hydrogen-bond donors (Lipinski definition) is 3. The van der Waals surface area contributed by atoms with Gasteiger partial charge in [-0.1, -0.05) is 50.1 Å². The highest BCUT2D eigenvalue weighted by Crippen LogP contribution is 2.32. The number of nitrogens with one attached hydrogen (secondary N) is 2. The maximum atomic E-state index is 12.0. The molecule has 0 spiro atoms. The second kappa shape index (κ2) is 7.66. The SMILES string of the molecule is Cc1ccc(OCNC(=O)Nc2ccc(N)cc2Cl)c(C(C)(C)C)c1. The van der Waals surface area contributed by atoms with Crippen LogP contribution in [0, 0.1) is 6.92 Å². The molecule has 0 bridgehead atoms. The van der Waals surface area contributed by atoms with Crippen molar-refractivity contribution in [3.8, 4) is 5.75 Å². The predicted octanol–water partition coefficient (Wildman–Crippen LogP) is 4.69. The molecule has 0 saturated heterocycles. The standard InChI is InChI=1S/C19H24ClN3O2/c1-12-5-8-17(14(9-12)19(2,3)4)25-11-22-18(24)23-16-7-6-13(21)10-15(16)20/h5-10H,11,21H2,1-4H3,(H2,22,23,24). The first-order chi connectivity index (χ1) is 11.7. The zero-order valence-electron chi connectivity index (χ0n) is 14.9. The van der Waals surface area contributed by atoms with Crippen molar-refractivity contribution >= 4 is 29.0 Å². The normalized spacial score (nSPS) is 11.1. The molecule has 0 fully saturated rings. The second-order valence-corrected chi connectivity index (χ2v) is 7.32. The summed E-state index contributed by atoms with van der Waals surface area (Å²) >= 11 is 6.04. The first-order valence-electron chi connectivity index (χ1n) is 8.00. The molecule has 0 heterocycles. The Bertz CT molecular complexity index is 770. The van der Waals surface area contributed by atoms with Crippen molar-refractivity contribution in [1.82, 2.24) is 5.32 Å². The van der Waals surface area contributed by atoms with Crippen LogP contribution in [0.2, 0.25) is 5.02 Å². The molecule has 5 nitrogen and oxygen atoms in total. The number of ether oxygens (including phenoxy) is 1. The van der Waals surface area contributed by atoms with Crippen LogP contribution in [0.5, 0.6) is 5.75 Å². The highest BCUT2D eigenvalue weighted by molar-refractivity contribution is 6.34. The maximum Gasteiger partial charge on any atom is 0.321 e. The van der Waals surface area contributed by atoms with Gasteiger partial charge < -0.3 is 21.1 Å². The van der Waals surface area contributed by atoms with Gasteiger partial charge in [0.05, 0.1) is 10.7 Å². The number of hydrogen-bond acceptors (Lipinski definition) is 3. The molecule has 0 aliphatic heterocycles. The monoisotopic (exact) mass is 361 g/mol. The third-order valence-corrected chi connectivity index (χ3v) is 3.96. The molecule has 2 rings (SSSR count). The Balaban J connectivity index is 1.95. The summed E-state index contributed by atoms with van der Waals surface area (Å²) in [4.78, 5) is 12.0. The van der Waals surface area contributed by atoms with E-state index in [0.717, 1.165) is 11.3 Å². The molecule has 0 saturated carbocycles. The molecule has 0 aliphatic rings. The zero-order chi connectivity index (χ0) is 18.6. The summed E-state index contributed by atoms with van der Waals surface area (Å²) < 4.78 is 5.75. The van der Waals surface area contributed by atoms with Crippen LogP contribution in [0.25, 0.3) is 0 Å². The van der Waals surface area contributed by atoms with E-state index in [0.29, 0.717) is 16.4 Å². The molecule has 134 valence electrons. The lowest BCUT2D eigenvalue weighted by atomic mass is 9.85. The zero-order valence-corrected chi connectivity index (χ0v) is 15.7. The number of carbonyl (C=O) groups excluding carboxylic acids is 1. The van der Waals surface area contributed by atoms with Gasteiger partial charge in [0.2, 0.25) is 0 Å². The first kappa shape index (κ1) is 18.9. The van der Waals surface area contributed by atoms with Gasteiger partial charge in [-0.25, -0.2) is 4.79 Å². The third-order valence-electron chi connectivity index (χ3n) is 3.64. The number of benzene rings is 2. The summed E-state index contributed by atoms with van der Waals surface area (Å²) in [7, 11) is 0. The molecule has 2 amide bonds. The predicted molar refractivity (Wildman–Crippen MR) is 103 cm³/mol. The van der Waals surface area contributed by atoms with Crippen LogP contribution in [0.3, 0.4) is 0 Å². The molecule has 2 aromatic carbocycles. The van der Waals surface area contributed by atoms with Gasteiger partial charge >= 0.3 is 6.03 Å². The Morgan fingerprint density at radius 2 is 1.92 bits per heavy atom. The molecular formula is C19H24ClN3O2. The van der Waals surface area contributed by atoms with Crippen LogP contribution in [-0.4, -0.2) is 12.8 Å². The molecule has 0 aliphatic carbocycles. The van der Waals surface area contributed by atoms with Crippen molar-refractivity contribution in [2.75, 3.05) is 17.8 Å². The number of rotatable bonds is 4. The van der Waals surface area contributed by atoms with E-state index in [4.69, 9.17) is 22.1 Å². The molecule has 25 heavy (non-hydrogen) atoms. The van der Waals surface area contributed by atoms with E-state index >= 15 is 0 Å². The lowest BCUT2D eigenvalue weighted by molar-refractivity contribution is 0.233. The molecule has 0 radical (unpaired) electrons. The molecule has 0 atom stereocenters. The van der Waals surface area contributed by atoms with E-state index in [1.54, 1.807) is 18.2 Å². The molecule has 2 aromatic rings. The van der Waals surface area contributed by atoms with E-state index in [9.17, 15) is 4.79 Å². The van der Waals surface area contributed by atoms with Crippen molar-refractivity contribution in [1.29, 1.82) is 0 Å². The fourth-order valence-electron chi connectivity index (χ4n) is 2.33. The minimum Gasteiger partial charge on any atom is -0.473 e. The Hall–Kier alpha value is -2.40. The van der Waals surface area contributed by atoms with Crippen LogP contribution in [0.4, 0.5) is 16.2 Å². The summed E-state index contributed by atoms with van der Waals surface area (Å²) in [5, 5.41) is 5.69. The summed E-state index contributed by atoms with van der Waals surface area (Å²) in [5.74, 6) is 0.754. The third kappa shape index (κ3) is 5.29. The quantitative estimate of drug-likeness (QED) is 0.546. The summed E-state index contributed by atoms with van der Waals surface area (Å²) in [5.41, 5.74) is 8.86. The molecule has 4 N–H and O–H groups in total. The van der Waals surface area contributed by atoms with Crippen molar-refractivity contribution in [2.24, 2.45) is 0 Å². The minimum absolute atomic E-state index is 0.0462. The van der Waals surface area contributed by atoms with Crippen LogP contribution >= 0.6 is 11.6 Å². The van der Waals surface area contributed by atoms with Gasteiger partial charge in [-0.3, -0.25) is 0 Å². The van der Waals surface area contributed by atoms with Crippen molar-refractivity contribution in [2.45, 2.75) is 33.1 Å². The lowest BCUT2D eigenvalue weighted by Gasteiger charge is -2.23. The molecule has 0 unspecified atom stereocenters. The number of carbonyl (C=O) groups is 1. The van der Waals surface area contributed by atoms with Crippen LogP contribution in [-0.2, 0) is 5.41 Å². The smallest absolute Gasteiger partial charge is 0.321 e. The van der Waals surface area contributed by atoms with Crippen molar-refractivity contribution in [3.63, 3.8) is 0 Å². The fourth-order valence-corrected chi connectivity index (χ4v) is 2.57. The first-order valence-corrected chi connectivity index (χ1v) is 8.38. The topological polar surface area (TPSA) is 76.4 Å². The Kier molecular flexibility index (Phi) is 5.80. The van der Waals surface area contributed by atoms with Gasteiger partial charge in [0, 0.05) is 5.69 Å². The van der Waals surface area contributed by atoms with Crippen LogP contribution in [0.1, 0.15) is 31.9 Å². The van der Waals surface area contributed by atoms with E-state index in [1.165, 1.54) is 5.56 Å². The minimum atomic E-state index is -0.406. The number of nitrogens with two attached hydrogens (primary N) is 1. The lowest BCUT2D eigenvalue weighted by Crippen LogP contribution is -2.32. The second-order valence-electron chi connectivity index (χ2n) is 6.91. The summed E-state index contributed by atoms with van der Waals surface area (Å²) in [6, 6.07) is 10.5. The van der Waals surface area contributed by atoms with Crippen molar-refractivity contribution in [3.05, 3.63) is 52.5 Å². The number of halogens is 1. The highest BCUT2D eigenvalue weighted by Gasteiger charge is 2.19.